The average Bonchev–Trinajstić information content (AvgIpc) is 2.94. The van der Waals surface area contributed by atoms with Crippen LogP contribution in [-0.4, -0.2) is 48.9 Å². The fraction of sp³-hybridized carbons (Fsp3) is 0.600. The molecule has 4 heteroatoms. The fourth-order valence-corrected chi connectivity index (χ4v) is 3.55. The first-order valence-corrected chi connectivity index (χ1v) is 9.36. The number of aryl methyl sites for hydroxylation is 2. The van der Waals surface area contributed by atoms with Crippen molar-refractivity contribution in [1.29, 1.82) is 0 Å². The maximum Gasteiger partial charge on any atom is 0.120 e. The molecule has 0 bridgehead atoms. The van der Waals surface area contributed by atoms with Gasteiger partial charge in [-0.25, -0.2) is 0 Å². The van der Waals surface area contributed by atoms with Gasteiger partial charge in [0.1, 0.15) is 5.75 Å². The highest BCUT2D eigenvalue weighted by Crippen LogP contribution is 2.27. The molecule has 0 saturated carbocycles. The summed E-state index contributed by atoms with van der Waals surface area (Å²) in [5, 5.41) is 1.36. The van der Waals surface area contributed by atoms with Crippen molar-refractivity contribution in [1.82, 2.24) is 9.47 Å². The molecule has 1 saturated heterocycles. The first-order chi connectivity index (χ1) is 11.8. The summed E-state index contributed by atoms with van der Waals surface area (Å²) >= 11 is 0. The van der Waals surface area contributed by atoms with E-state index in [4.69, 9.17) is 9.47 Å². The van der Waals surface area contributed by atoms with Crippen molar-refractivity contribution >= 4 is 10.9 Å². The SMILES string of the molecule is CCCn1cc(CCCN2CCOCC2)c2cc(OCC)ccc21. The highest BCUT2D eigenvalue weighted by molar-refractivity contribution is 5.85. The molecule has 0 atom stereocenters. The Hall–Kier alpha value is -1.52. The van der Waals surface area contributed by atoms with Gasteiger partial charge in [0.2, 0.25) is 0 Å². The van der Waals surface area contributed by atoms with Gasteiger partial charge in [-0.3, -0.25) is 4.90 Å². The predicted octanol–water partition coefficient (Wildman–Crippen LogP) is 3.71. The molecule has 132 valence electrons. The molecule has 2 aromatic rings. The Kier molecular flexibility index (Phi) is 6.16. The summed E-state index contributed by atoms with van der Waals surface area (Å²) in [6.45, 7) is 11.1. The van der Waals surface area contributed by atoms with E-state index >= 15 is 0 Å². The maximum absolute atomic E-state index is 5.71. The first kappa shape index (κ1) is 17.3. The Morgan fingerprint density at radius 1 is 1.12 bits per heavy atom. The normalized spacial score (nSPS) is 15.9. The number of hydrogen-bond donors (Lipinski definition) is 0. The minimum absolute atomic E-state index is 0.716. The quantitative estimate of drug-likeness (QED) is 0.738. The van der Waals surface area contributed by atoms with Gasteiger partial charge in [-0.1, -0.05) is 6.92 Å². The largest absolute Gasteiger partial charge is 0.494 e. The van der Waals surface area contributed by atoms with Crippen LogP contribution in [-0.2, 0) is 17.7 Å². The number of rotatable bonds is 8. The molecule has 0 N–H and O–H groups in total. The Bertz CT molecular complexity index is 644. The van der Waals surface area contributed by atoms with E-state index in [9.17, 15) is 0 Å². The Balaban J connectivity index is 1.73. The summed E-state index contributed by atoms with van der Waals surface area (Å²) in [5.74, 6) is 0.980. The first-order valence-electron chi connectivity index (χ1n) is 9.36. The van der Waals surface area contributed by atoms with Crippen LogP contribution in [0.5, 0.6) is 5.75 Å². The summed E-state index contributed by atoms with van der Waals surface area (Å²) in [6, 6.07) is 6.52. The standard InChI is InChI=1S/C20H30N2O2/c1-3-9-22-16-17(6-5-10-21-11-13-23-14-12-21)19-15-18(24-4-2)7-8-20(19)22/h7-8,15-16H,3-6,9-14H2,1-2H3. The Labute approximate surface area is 145 Å². The van der Waals surface area contributed by atoms with Gasteiger partial charge in [-0.15, -0.1) is 0 Å². The van der Waals surface area contributed by atoms with Crippen molar-refractivity contribution < 1.29 is 9.47 Å². The van der Waals surface area contributed by atoms with E-state index in [1.807, 2.05) is 6.92 Å². The second-order valence-corrected chi connectivity index (χ2v) is 6.52. The molecular formula is C20H30N2O2. The Morgan fingerprint density at radius 3 is 2.71 bits per heavy atom. The second kappa shape index (κ2) is 8.54. The third-order valence-electron chi connectivity index (χ3n) is 4.73. The lowest BCUT2D eigenvalue weighted by molar-refractivity contribution is 0.0375. The van der Waals surface area contributed by atoms with Gasteiger partial charge in [-0.2, -0.15) is 0 Å². The van der Waals surface area contributed by atoms with Gasteiger partial charge in [0, 0.05) is 36.7 Å². The van der Waals surface area contributed by atoms with E-state index in [0.29, 0.717) is 6.61 Å². The van der Waals surface area contributed by atoms with Gasteiger partial charge in [0.15, 0.2) is 0 Å². The summed E-state index contributed by atoms with van der Waals surface area (Å²) in [5.41, 5.74) is 2.79. The molecule has 1 aliphatic heterocycles. The topological polar surface area (TPSA) is 26.6 Å². The van der Waals surface area contributed by atoms with Crippen LogP contribution in [0.4, 0.5) is 0 Å². The number of morpholine rings is 1. The lowest BCUT2D eigenvalue weighted by Gasteiger charge is -2.26. The molecule has 1 aromatic heterocycles. The van der Waals surface area contributed by atoms with Gasteiger partial charge < -0.3 is 14.0 Å². The molecular weight excluding hydrogens is 300 g/mol. The van der Waals surface area contributed by atoms with Crippen molar-refractivity contribution in [2.45, 2.75) is 39.7 Å². The van der Waals surface area contributed by atoms with Crippen molar-refractivity contribution in [3.05, 3.63) is 30.0 Å². The van der Waals surface area contributed by atoms with E-state index in [-0.39, 0.29) is 0 Å². The number of nitrogens with zero attached hydrogens (tertiary/aromatic N) is 2. The predicted molar refractivity (Wildman–Crippen MR) is 99.0 cm³/mol. The maximum atomic E-state index is 5.71. The third-order valence-corrected chi connectivity index (χ3v) is 4.73. The average molecular weight is 330 g/mol. The Morgan fingerprint density at radius 2 is 1.96 bits per heavy atom. The minimum atomic E-state index is 0.716. The van der Waals surface area contributed by atoms with Gasteiger partial charge in [0.05, 0.1) is 19.8 Å². The highest BCUT2D eigenvalue weighted by atomic mass is 16.5. The van der Waals surface area contributed by atoms with Crippen molar-refractivity contribution in [2.75, 3.05) is 39.5 Å². The van der Waals surface area contributed by atoms with Crippen LogP contribution in [0.1, 0.15) is 32.3 Å². The van der Waals surface area contributed by atoms with E-state index in [1.54, 1.807) is 0 Å². The second-order valence-electron chi connectivity index (χ2n) is 6.52. The van der Waals surface area contributed by atoms with E-state index in [0.717, 1.165) is 58.0 Å². The van der Waals surface area contributed by atoms with E-state index in [2.05, 4.69) is 40.8 Å². The summed E-state index contributed by atoms with van der Waals surface area (Å²) in [7, 11) is 0. The zero-order valence-corrected chi connectivity index (χ0v) is 15.1. The monoisotopic (exact) mass is 330 g/mol. The van der Waals surface area contributed by atoms with E-state index < -0.39 is 0 Å². The number of ether oxygens (including phenoxy) is 2. The summed E-state index contributed by atoms with van der Waals surface area (Å²) < 4.78 is 13.5. The molecule has 2 heterocycles. The number of hydrogen-bond acceptors (Lipinski definition) is 3. The number of aromatic nitrogens is 1. The summed E-state index contributed by atoms with van der Waals surface area (Å²) in [4.78, 5) is 2.51. The number of benzene rings is 1. The lowest BCUT2D eigenvalue weighted by Crippen LogP contribution is -2.36. The van der Waals surface area contributed by atoms with Crippen LogP contribution in [0.2, 0.25) is 0 Å². The molecule has 0 amide bonds. The zero-order chi connectivity index (χ0) is 16.8. The molecule has 0 aliphatic carbocycles. The van der Waals surface area contributed by atoms with Crippen LogP contribution >= 0.6 is 0 Å². The third kappa shape index (κ3) is 4.11. The molecule has 1 aliphatic rings. The van der Waals surface area contributed by atoms with Crippen LogP contribution < -0.4 is 4.74 Å². The van der Waals surface area contributed by atoms with E-state index in [1.165, 1.54) is 22.9 Å². The summed E-state index contributed by atoms with van der Waals surface area (Å²) in [6.07, 6.45) is 5.83. The molecule has 1 aromatic carbocycles. The highest BCUT2D eigenvalue weighted by Gasteiger charge is 2.12. The smallest absolute Gasteiger partial charge is 0.120 e. The van der Waals surface area contributed by atoms with Gasteiger partial charge in [-0.05, 0) is 56.5 Å². The molecule has 0 radical (unpaired) electrons. The van der Waals surface area contributed by atoms with Crippen LogP contribution in [0.25, 0.3) is 10.9 Å². The van der Waals surface area contributed by atoms with Crippen molar-refractivity contribution in [3.63, 3.8) is 0 Å². The molecule has 0 spiro atoms. The lowest BCUT2D eigenvalue weighted by atomic mass is 10.1. The molecule has 0 unspecified atom stereocenters. The fourth-order valence-electron chi connectivity index (χ4n) is 3.55. The van der Waals surface area contributed by atoms with Crippen LogP contribution in [0.3, 0.4) is 0 Å². The van der Waals surface area contributed by atoms with Gasteiger partial charge in [0.25, 0.3) is 0 Å². The van der Waals surface area contributed by atoms with Crippen molar-refractivity contribution in [2.24, 2.45) is 0 Å². The number of fused-ring (bicyclic) bond motifs is 1. The zero-order valence-electron chi connectivity index (χ0n) is 15.1. The molecule has 1 fully saturated rings. The molecule has 3 rings (SSSR count). The minimum Gasteiger partial charge on any atom is -0.494 e. The van der Waals surface area contributed by atoms with Crippen LogP contribution in [0, 0.1) is 0 Å². The van der Waals surface area contributed by atoms with Crippen molar-refractivity contribution in [3.8, 4) is 5.75 Å². The van der Waals surface area contributed by atoms with Gasteiger partial charge >= 0.3 is 0 Å². The van der Waals surface area contributed by atoms with Crippen LogP contribution in [0.15, 0.2) is 24.4 Å². The molecule has 4 nitrogen and oxygen atoms in total. The molecule has 24 heavy (non-hydrogen) atoms.